The summed E-state index contributed by atoms with van der Waals surface area (Å²) in [6.45, 7) is 5.47. The summed E-state index contributed by atoms with van der Waals surface area (Å²) >= 11 is 0. The van der Waals surface area contributed by atoms with E-state index in [1.807, 2.05) is 0 Å². The van der Waals surface area contributed by atoms with Crippen molar-refractivity contribution < 1.29 is 14.0 Å². The number of morpholine rings is 2. The first-order valence-electron chi connectivity index (χ1n) is 5.45. The number of ether oxygens (including phenoxy) is 2. The molecule has 0 aliphatic carbocycles. The number of rotatable bonds is 2. The molecule has 88 valence electrons. The van der Waals surface area contributed by atoms with E-state index in [1.54, 1.807) is 0 Å². The maximum absolute atomic E-state index is 8.35. The van der Waals surface area contributed by atoms with E-state index < -0.39 is 0 Å². The van der Waals surface area contributed by atoms with Crippen LogP contribution in [-0.2, 0) is 9.47 Å². The second kappa shape index (κ2) is 5.69. The molecule has 7 nitrogen and oxygen atoms in total. The van der Waals surface area contributed by atoms with E-state index in [0.29, 0.717) is 13.2 Å². The Balaban J connectivity index is 1.91. The summed E-state index contributed by atoms with van der Waals surface area (Å²) in [5, 5.41) is 3.58. The molecule has 0 bridgehead atoms. The van der Waals surface area contributed by atoms with Gasteiger partial charge in [0.1, 0.15) is 26.2 Å². The molecule has 16 heavy (non-hydrogen) atoms. The summed E-state index contributed by atoms with van der Waals surface area (Å²) in [6.07, 6.45) is 1.72. The van der Waals surface area contributed by atoms with E-state index in [2.05, 4.69) is 25.8 Å². The zero-order chi connectivity index (χ0) is 11.2. The standard InChI is InChI=1S/C9H16N5O2/c10-12-11-9-7-14(3-6-16-9)8-13-1-4-15-5-2-13/h8-9H,1-7H2/q+1. The van der Waals surface area contributed by atoms with Gasteiger partial charge in [-0.05, 0) is 5.53 Å². The van der Waals surface area contributed by atoms with E-state index >= 15 is 0 Å². The van der Waals surface area contributed by atoms with Gasteiger partial charge in [-0.25, -0.2) is 0 Å². The van der Waals surface area contributed by atoms with E-state index in [1.165, 1.54) is 0 Å². The molecule has 1 atom stereocenters. The highest BCUT2D eigenvalue weighted by atomic mass is 16.5. The van der Waals surface area contributed by atoms with Crippen molar-refractivity contribution in [3.05, 3.63) is 10.4 Å². The zero-order valence-corrected chi connectivity index (χ0v) is 9.16. The van der Waals surface area contributed by atoms with Crippen molar-refractivity contribution >= 4 is 6.34 Å². The maximum Gasteiger partial charge on any atom is 0.234 e. The predicted octanol–water partition coefficient (Wildman–Crippen LogP) is 0.0260. The molecule has 7 heteroatoms. The molecule has 0 radical (unpaired) electrons. The van der Waals surface area contributed by atoms with Crippen LogP contribution in [-0.4, -0.2) is 68.0 Å². The number of nitrogens with zero attached hydrogens (tertiary/aromatic N) is 5. The van der Waals surface area contributed by atoms with Crippen molar-refractivity contribution in [2.45, 2.75) is 6.23 Å². The van der Waals surface area contributed by atoms with Gasteiger partial charge in [0.25, 0.3) is 0 Å². The Morgan fingerprint density at radius 2 is 2.19 bits per heavy atom. The summed E-state index contributed by atoms with van der Waals surface area (Å²) < 4.78 is 12.7. The van der Waals surface area contributed by atoms with Gasteiger partial charge in [-0.15, -0.1) is 0 Å². The van der Waals surface area contributed by atoms with Crippen LogP contribution in [0, 0.1) is 0 Å². The Bertz CT molecular complexity index is 307. The van der Waals surface area contributed by atoms with E-state index in [9.17, 15) is 0 Å². The molecular formula is C9H16N5O2+. The molecule has 0 aromatic rings. The Kier molecular flexibility index (Phi) is 3.98. The SMILES string of the molecule is [N-]=[N+]=NC1C[N+](=CN2CCOCC2)CCO1. The van der Waals surface area contributed by atoms with Crippen LogP contribution in [0.25, 0.3) is 10.4 Å². The van der Waals surface area contributed by atoms with Crippen LogP contribution in [0.3, 0.4) is 0 Å². The van der Waals surface area contributed by atoms with E-state index in [-0.39, 0.29) is 6.23 Å². The van der Waals surface area contributed by atoms with Crippen LogP contribution in [0.4, 0.5) is 0 Å². The minimum Gasteiger partial charge on any atom is -0.373 e. The van der Waals surface area contributed by atoms with Gasteiger partial charge >= 0.3 is 0 Å². The van der Waals surface area contributed by atoms with Gasteiger partial charge < -0.3 is 9.47 Å². The molecule has 0 N–H and O–H groups in total. The Morgan fingerprint density at radius 1 is 1.38 bits per heavy atom. The fraction of sp³-hybridized carbons (Fsp3) is 0.889. The van der Waals surface area contributed by atoms with Crippen molar-refractivity contribution in [2.75, 3.05) is 46.0 Å². The van der Waals surface area contributed by atoms with Crippen molar-refractivity contribution in [2.24, 2.45) is 5.11 Å². The highest BCUT2D eigenvalue weighted by Gasteiger charge is 2.20. The molecule has 0 aromatic carbocycles. The Hall–Kier alpha value is -1.30. The number of azide groups is 1. The van der Waals surface area contributed by atoms with Crippen LogP contribution < -0.4 is 0 Å². The van der Waals surface area contributed by atoms with Gasteiger partial charge in [0, 0.05) is 4.91 Å². The molecule has 0 saturated carbocycles. The number of hydrogen-bond donors (Lipinski definition) is 0. The average molecular weight is 226 g/mol. The summed E-state index contributed by atoms with van der Waals surface area (Å²) in [4.78, 5) is 4.99. The summed E-state index contributed by atoms with van der Waals surface area (Å²) in [5.41, 5.74) is 8.35. The number of hydrogen-bond acceptors (Lipinski definition) is 3. The molecular weight excluding hydrogens is 210 g/mol. The minimum absolute atomic E-state index is 0.365. The van der Waals surface area contributed by atoms with E-state index in [4.69, 9.17) is 15.0 Å². The lowest BCUT2D eigenvalue weighted by atomic mass is 10.4. The maximum atomic E-state index is 8.35. The third-order valence-corrected chi connectivity index (χ3v) is 2.63. The second-order valence-electron chi connectivity index (χ2n) is 3.79. The molecule has 2 saturated heterocycles. The Morgan fingerprint density at radius 3 is 2.94 bits per heavy atom. The van der Waals surface area contributed by atoms with Gasteiger partial charge in [-0.2, -0.15) is 0 Å². The predicted molar refractivity (Wildman–Crippen MR) is 57.3 cm³/mol. The molecule has 0 aromatic heterocycles. The van der Waals surface area contributed by atoms with Crippen molar-refractivity contribution in [3.8, 4) is 0 Å². The second-order valence-corrected chi connectivity index (χ2v) is 3.79. The van der Waals surface area contributed by atoms with Crippen molar-refractivity contribution in [1.29, 1.82) is 0 Å². The first-order valence-corrected chi connectivity index (χ1v) is 5.45. The van der Waals surface area contributed by atoms with Crippen molar-refractivity contribution in [1.82, 2.24) is 4.90 Å². The monoisotopic (exact) mass is 226 g/mol. The summed E-state index contributed by atoms with van der Waals surface area (Å²) in [6, 6.07) is 0. The molecule has 2 heterocycles. The average Bonchev–Trinajstić information content (AvgIpc) is 2.31. The third kappa shape index (κ3) is 3.10. The minimum atomic E-state index is -0.365. The topological polar surface area (TPSA) is 73.5 Å². The largest absolute Gasteiger partial charge is 0.373 e. The lowest BCUT2D eigenvalue weighted by Crippen LogP contribution is -2.42. The smallest absolute Gasteiger partial charge is 0.234 e. The van der Waals surface area contributed by atoms with E-state index in [0.717, 1.165) is 32.8 Å². The van der Waals surface area contributed by atoms with Gasteiger partial charge in [0.05, 0.1) is 19.8 Å². The lowest BCUT2D eigenvalue weighted by Gasteiger charge is -2.24. The first-order chi connectivity index (χ1) is 7.88. The highest BCUT2D eigenvalue weighted by Crippen LogP contribution is 2.02. The summed E-state index contributed by atoms with van der Waals surface area (Å²) in [5.74, 6) is 0. The van der Waals surface area contributed by atoms with Gasteiger partial charge in [-0.1, -0.05) is 5.11 Å². The molecule has 2 fully saturated rings. The fourth-order valence-electron chi connectivity index (χ4n) is 1.81. The molecule has 2 aliphatic rings. The highest BCUT2D eigenvalue weighted by molar-refractivity contribution is 5.49. The normalized spacial score (nSPS) is 28.9. The molecule has 0 amide bonds. The van der Waals surface area contributed by atoms with Crippen molar-refractivity contribution in [3.63, 3.8) is 0 Å². The first kappa shape index (κ1) is 11.2. The summed E-state index contributed by atoms with van der Waals surface area (Å²) in [7, 11) is 0. The molecule has 2 aliphatic heterocycles. The van der Waals surface area contributed by atoms with Gasteiger partial charge in [-0.3, -0.25) is 9.48 Å². The molecule has 0 spiro atoms. The molecule has 2 rings (SSSR count). The zero-order valence-electron chi connectivity index (χ0n) is 9.16. The third-order valence-electron chi connectivity index (χ3n) is 2.63. The van der Waals surface area contributed by atoms with Crippen LogP contribution in [0.1, 0.15) is 0 Å². The quantitative estimate of drug-likeness (QED) is 0.219. The lowest BCUT2D eigenvalue weighted by molar-refractivity contribution is -0.558. The van der Waals surface area contributed by atoms with Gasteiger partial charge in [0.15, 0.2) is 6.23 Å². The van der Waals surface area contributed by atoms with Gasteiger partial charge in [0.2, 0.25) is 6.34 Å². The van der Waals surface area contributed by atoms with Crippen LogP contribution in [0.2, 0.25) is 0 Å². The fourth-order valence-corrected chi connectivity index (χ4v) is 1.81. The molecule has 1 unspecified atom stereocenters. The Labute approximate surface area is 93.9 Å². The van der Waals surface area contributed by atoms with Crippen LogP contribution in [0.5, 0.6) is 0 Å². The van der Waals surface area contributed by atoms with Crippen LogP contribution >= 0.6 is 0 Å². The van der Waals surface area contributed by atoms with Crippen LogP contribution in [0.15, 0.2) is 5.11 Å².